The molecule has 0 fully saturated rings. The summed E-state index contributed by atoms with van der Waals surface area (Å²) in [5.41, 5.74) is 3.07. The van der Waals surface area contributed by atoms with Gasteiger partial charge in [-0.25, -0.2) is 9.29 Å². The van der Waals surface area contributed by atoms with Crippen LogP contribution in [0.2, 0.25) is 5.02 Å². The molecule has 0 spiro atoms. The van der Waals surface area contributed by atoms with Crippen molar-refractivity contribution in [2.24, 2.45) is 0 Å². The zero-order valence-corrected chi connectivity index (χ0v) is 17.3. The zero-order chi connectivity index (χ0) is 21.2. The van der Waals surface area contributed by atoms with Gasteiger partial charge in [-0.05, 0) is 63.0 Å². The molecule has 0 saturated heterocycles. The average molecular weight is 443 g/mol. The van der Waals surface area contributed by atoms with Crippen LogP contribution in [0.15, 0.2) is 42.5 Å². The first-order valence-electron chi connectivity index (χ1n) is 8.45. The van der Waals surface area contributed by atoms with Gasteiger partial charge in [0, 0.05) is 23.2 Å². The van der Waals surface area contributed by atoms with Crippen LogP contribution < -0.4 is 14.8 Å². The third kappa shape index (κ3) is 5.59. The molecular formula is C19H18ClF3N4OS. The fourth-order valence-corrected chi connectivity index (χ4v) is 3.25. The molecule has 0 unspecified atom stereocenters. The summed E-state index contributed by atoms with van der Waals surface area (Å²) in [6.45, 7) is 1.90. The van der Waals surface area contributed by atoms with E-state index < -0.39 is 12.1 Å². The number of pyridine rings is 1. The van der Waals surface area contributed by atoms with E-state index >= 15 is 0 Å². The van der Waals surface area contributed by atoms with Crippen molar-refractivity contribution in [3.63, 3.8) is 0 Å². The van der Waals surface area contributed by atoms with Gasteiger partial charge in [0.15, 0.2) is 0 Å². The first-order chi connectivity index (χ1) is 13.6. The van der Waals surface area contributed by atoms with Gasteiger partial charge in [0.1, 0.15) is 11.6 Å². The second-order valence-corrected chi connectivity index (χ2v) is 7.87. The van der Waals surface area contributed by atoms with Crippen LogP contribution in [0.25, 0.3) is 10.9 Å². The van der Waals surface area contributed by atoms with Gasteiger partial charge >= 0.3 is 6.36 Å². The van der Waals surface area contributed by atoms with E-state index in [1.54, 1.807) is 0 Å². The summed E-state index contributed by atoms with van der Waals surface area (Å²) < 4.78 is 46.3. The Morgan fingerprint density at radius 1 is 1.14 bits per heavy atom. The van der Waals surface area contributed by atoms with Crippen molar-refractivity contribution in [2.75, 3.05) is 24.1 Å². The molecule has 2 N–H and O–H groups in total. The molecule has 5 nitrogen and oxygen atoms in total. The number of anilines is 3. The molecule has 0 saturated carbocycles. The Hall–Kier alpha value is -2.36. The maximum absolute atomic E-state index is 12.4. The Morgan fingerprint density at radius 3 is 2.55 bits per heavy atom. The van der Waals surface area contributed by atoms with Crippen LogP contribution in [-0.4, -0.2) is 29.7 Å². The normalized spacial score (nSPS) is 11.7. The van der Waals surface area contributed by atoms with Crippen LogP contribution in [0.4, 0.5) is 30.4 Å². The topological polar surface area (TPSA) is 49.4 Å². The average Bonchev–Trinajstić information content (AvgIpc) is 2.62. The van der Waals surface area contributed by atoms with Gasteiger partial charge in [-0.1, -0.05) is 17.7 Å². The Bertz CT molecular complexity index is 1030. The number of nitrogens with zero attached hydrogens (tertiary/aromatic N) is 2. The third-order valence-electron chi connectivity index (χ3n) is 3.81. The number of ether oxygens (including phenoxy) is 1. The number of nitrogens with one attached hydrogen (secondary N) is 2. The van der Waals surface area contributed by atoms with Crippen molar-refractivity contribution in [2.45, 2.75) is 13.3 Å². The Labute approximate surface area is 175 Å². The summed E-state index contributed by atoms with van der Waals surface area (Å²) in [6, 6.07) is 11.7. The van der Waals surface area contributed by atoms with Gasteiger partial charge in [-0.15, -0.1) is 13.2 Å². The number of aromatic nitrogens is 1. The number of hydrogen-bond acceptors (Lipinski definition) is 6. The zero-order valence-electron chi connectivity index (χ0n) is 15.8. The predicted octanol–water partition coefficient (Wildman–Crippen LogP) is 6.38. The highest BCUT2D eigenvalue weighted by Crippen LogP contribution is 2.34. The molecule has 154 valence electrons. The molecule has 3 aromatic rings. The lowest BCUT2D eigenvalue weighted by Crippen LogP contribution is -2.17. The monoisotopic (exact) mass is 442 g/mol. The standard InChI is InChI=1S/C19H18ClF3N4OS/c1-11-9-13-15(5-4-6-16(13)26-29-27(2)3)25-18(11)24-12-7-8-17(14(20)10-12)28-19(21,22)23/h4-10,26H,1-3H3,(H,24,25). The van der Waals surface area contributed by atoms with E-state index in [4.69, 9.17) is 11.6 Å². The molecule has 10 heteroatoms. The van der Waals surface area contributed by atoms with Gasteiger partial charge < -0.3 is 14.8 Å². The number of benzene rings is 2. The van der Waals surface area contributed by atoms with Gasteiger partial charge in [0.05, 0.1) is 16.2 Å². The molecule has 0 radical (unpaired) electrons. The molecule has 1 aromatic heterocycles. The molecule has 0 bridgehead atoms. The molecule has 0 aliphatic heterocycles. The van der Waals surface area contributed by atoms with Crippen molar-refractivity contribution in [3.05, 3.63) is 53.1 Å². The van der Waals surface area contributed by atoms with Crippen molar-refractivity contribution in [1.82, 2.24) is 9.29 Å². The second-order valence-electron chi connectivity index (χ2n) is 6.35. The lowest BCUT2D eigenvalue weighted by molar-refractivity contribution is -0.274. The number of aryl methyl sites for hydroxylation is 1. The molecule has 0 aliphatic rings. The molecule has 3 rings (SSSR count). The summed E-state index contributed by atoms with van der Waals surface area (Å²) >= 11 is 7.37. The number of fused-ring (bicyclic) bond motifs is 1. The number of hydrogen-bond donors (Lipinski definition) is 2. The molecule has 0 atom stereocenters. The maximum atomic E-state index is 12.4. The van der Waals surface area contributed by atoms with Crippen LogP contribution in [-0.2, 0) is 0 Å². The van der Waals surface area contributed by atoms with E-state index in [2.05, 4.69) is 19.8 Å². The molecule has 0 amide bonds. The summed E-state index contributed by atoms with van der Waals surface area (Å²) in [4.78, 5) is 4.64. The largest absolute Gasteiger partial charge is 0.573 e. The summed E-state index contributed by atoms with van der Waals surface area (Å²) in [5.74, 6) is 0.123. The molecule has 29 heavy (non-hydrogen) atoms. The summed E-state index contributed by atoms with van der Waals surface area (Å²) in [6.07, 6.45) is -4.80. The minimum absolute atomic E-state index is 0.155. The fourth-order valence-electron chi connectivity index (χ4n) is 2.57. The minimum Gasteiger partial charge on any atom is -0.404 e. The molecule has 1 heterocycles. The Balaban J connectivity index is 1.87. The predicted molar refractivity (Wildman–Crippen MR) is 113 cm³/mol. The van der Waals surface area contributed by atoms with E-state index in [0.29, 0.717) is 11.5 Å². The molecule has 0 aliphatic carbocycles. The van der Waals surface area contributed by atoms with Crippen LogP contribution in [0.5, 0.6) is 5.75 Å². The van der Waals surface area contributed by atoms with E-state index in [9.17, 15) is 13.2 Å². The molecular weight excluding hydrogens is 425 g/mol. The van der Waals surface area contributed by atoms with Gasteiger partial charge in [0.25, 0.3) is 0 Å². The third-order valence-corrected chi connectivity index (χ3v) is 4.78. The Kier molecular flexibility index (Phi) is 6.30. The first kappa shape index (κ1) is 21.4. The highest BCUT2D eigenvalue weighted by Gasteiger charge is 2.32. The highest BCUT2D eigenvalue weighted by molar-refractivity contribution is 7.98. The quantitative estimate of drug-likeness (QED) is 0.432. The SMILES string of the molecule is Cc1cc2c(NSN(C)C)cccc2nc1Nc1ccc(OC(F)(F)F)c(Cl)c1. The van der Waals surface area contributed by atoms with E-state index in [0.717, 1.165) is 28.2 Å². The fraction of sp³-hybridized carbons (Fsp3) is 0.211. The number of rotatable bonds is 6. The summed E-state index contributed by atoms with van der Waals surface area (Å²) in [5, 5.41) is 3.90. The van der Waals surface area contributed by atoms with Gasteiger partial charge in [0.2, 0.25) is 0 Å². The van der Waals surface area contributed by atoms with Crippen LogP contribution in [0.3, 0.4) is 0 Å². The van der Waals surface area contributed by atoms with E-state index in [1.165, 1.54) is 24.3 Å². The van der Waals surface area contributed by atoms with Crippen molar-refractivity contribution in [3.8, 4) is 5.75 Å². The van der Waals surface area contributed by atoms with Gasteiger partial charge in [-0.2, -0.15) is 0 Å². The van der Waals surface area contributed by atoms with Gasteiger partial charge in [-0.3, -0.25) is 0 Å². The number of alkyl halides is 3. The molecule has 2 aromatic carbocycles. The minimum atomic E-state index is -4.80. The lowest BCUT2D eigenvalue weighted by atomic mass is 10.1. The van der Waals surface area contributed by atoms with E-state index in [1.807, 2.05) is 49.6 Å². The van der Waals surface area contributed by atoms with Crippen molar-refractivity contribution >= 4 is 51.8 Å². The van der Waals surface area contributed by atoms with Crippen LogP contribution >= 0.6 is 23.7 Å². The smallest absolute Gasteiger partial charge is 0.404 e. The van der Waals surface area contributed by atoms with Crippen LogP contribution in [0, 0.1) is 6.92 Å². The van der Waals surface area contributed by atoms with Crippen molar-refractivity contribution in [1.29, 1.82) is 0 Å². The number of halogens is 4. The second kappa shape index (κ2) is 8.56. The van der Waals surface area contributed by atoms with Crippen LogP contribution in [0.1, 0.15) is 5.56 Å². The maximum Gasteiger partial charge on any atom is 0.573 e. The lowest BCUT2D eigenvalue weighted by Gasteiger charge is -2.15. The summed E-state index contributed by atoms with van der Waals surface area (Å²) in [7, 11) is 3.87. The van der Waals surface area contributed by atoms with E-state index in [-0.39, 0.29) is 5.02 Å². The first-order valence-corrected chi connectivity index (χ1v) is 9.60. The highest BCUT2D eigenvalue weighted by atomic mass is 35.5. The Morgan fingerprint density at radius 2 is 1.90 bits per heavy atom. The van der Waals surface area contributed by atoms with Crippen molar-refractivity contribution < 1.29 is 17.9 Å².